The van der Waals surface area contributed by atoms with Crippen molar-refractivity contribution in [2.75, 3.05) is 19.6 Å². The summed E-state index contributed by atoms with van der Waals surface area (Å²) in [5.41, 5.74) is -1.33. The highest BCUT2D eigenvalue weighted by atomic mass is 19.4. The molecule has 2 unspecified atom stereocenters. The number of hydrogen-bond donors (Lipinski definition) is 2. The number of rotatable bonds is 6. The summed E-state index contributed by atoms with van der Waals surface area (Å²) in [5, 5.41) is 14.0. The van der Waals surface area contributed by atoms with Crippen molar-refractivity contribution >= 4 is 23.6 Å². The van der Waals surface area contributed by atoms with Crippen LogP contribution in [0.4, 0.5) is 13.2 Å². The number of nitriles is 1. The Labute approximate surface area is 202 Å². The van der Waals surface area contributed by atoms with Crippen LogP contribution in [0.15, 0.2) is 0 Å². The van der Waals surface area contributed by atoms with Crippen LogP contribution in [0.2, 0.25) is 0 Å². The number of alkyl halides is 3. The summed E-state index contributed by atoms with van der Waals surface area (Å²) in [6, 6.07) is -1.53. The molecule has 194 valence electrons. The van der Waals surface area contributed by atoms with Crippen molar-refractivity contribution < 1.29 is 32.3 Å². The van der Waals surface area contributed by atoms with Crippen molar-refractivity contribution in [2.45, 2.75) is 71.8 Å². The zero-order chi connectivity index (χ0) is 26.5. The van der Waals surface area contributed by atoms with Gasteiger partial charge in [-0.05, 0) is 29.1 Å². The monoisotopic (exact) mass is 499 g/mol. The molecule has 4 amide bonds. The SMILES string of the molecule is CC(C)(C)C(NC(=O)C(F)(F)F)C(=O)N1C[C@H]2[C@@H]([C@H]1C(=O)NC(C#N)CN1CCCC1=O)C2(C)C. The summed E-state index contributed by atoms with van der Waals surface area (Å²) in [6.07, 6.45) is -4.11. The summed E-state index contributed by atoms with van der Waals surface area (Å²) >= 11 is 0. The van der Waals surface area contributed by atoms with Gasteiger partial charge in [-0.25, -0.2) is 0 Å². The highest BCUT2D eigenvalue weighted by molar-refractivity contribution is 5.95. The van der Waals surface area contributed by atoms with E-state index in [2.05, 4.69) is 5.32 Å². The highest BCUT2D eigenvalue weighted by Crippen LogP contribution is 2.65. The van der Waals surface area contributed by atoms with Gasteiger partial charge in [0.1, 0.15) is 18.1 Å². The number of carbonyl (C=O) groups excluding carboxylic acids is 4. The van der Waals surface area contributed by atoms with E-state index >= 15 is 0 Å². The zero-order valence-corrected chi connectivity index (χ0v) is 20.5. The number of halogens is 3. The van der Waals surface area contributed by atoms with E-state index in [1.54, 1.807) is 5.32 Å². The average molecular weight is 500 g/mol. The van der Waals surface area contributed by atoms with Crippen molar-refractivity contribution in [3.63, 3.8) is 0 Å². The number of nitrogens with one attached hydrogen (secondary N) is 2. The zero-order valence-electron chi connectivity index (χ0n) is 20.5. The molecule has 35 heavy (non-hydrogen) atoms. The number of nitrogens with zero attached hydrogens (tertiary/aromatic N) is 3. The maximum atomic E-state index is 13.5. The van der Waals surface area contributed by atoms with Gasteiger partial charge in [0, 0.05) is 19.5 Å². The van der Waals surface area contributed by atoms with Gasteiger partial charge in [0.05, 0.1) is 12.6 Å². The van der Waals surface area contributed by atoms with E-state index < -0.39 is 47.4 Å². The molecular weight excluding hydrogens is 467 g/mol. The lowest BCUT2D eigenvalue weighted by molar-refractivity contribution is -0.176. The van der Waals surface area contributed by atoms with Gasteiger partial charge in [0.25, 0.3) is 0 Å². The fourth-order valence-electron chi connectivity index (χ4n) is 5.33. The van der Waals surface area contributed by atoms with Gasteiger partial charge in [-0.2, -0.15) is 18.4 Å². The van der Waals surface area contributed by atoms with E-state index in [0.29, 0.717) is 19.4 Å². The molecule has 3 rings (SSSR count). The fraction of sp³-hybridized carbons (Fsp3) is 0.783. The first kappa shape index (κ1) is 26.8. The van der Waals surface area contributed by atoms with E-state index in [1.807, 2.05) is 19.9 Å². The van der Waals surface area contributed by atoms with Gasteiger partial charge in [-0.15, -0.1) is 0 Å². The van der Waals surface area contributed by atoms with Crippen molar-refractivity contribution in [1.82, 2.24) is 20.4 Å². The van der Waals surface area contributed by atoms with E-state index in [0.717, 1.165) is 0 Å². The Morgan fingerprint density at radius 1 is 1.20 bits per heavy atom. The second kappa shape index (κ2) is 8.99. The molecule has 2 heterocycles. The number of piperidine rings is 1. The van der Waals surface area contributed by atoms with Crippen LogP contribution in [0.25, 0.3) is 0 Å². The molecular formula is C23H32F3N5O4. The topological polar surface area (TPSA) is 123 Å². The smallest absolute Gasteiger partial charge is 0.340 e. The predicted molar refractivity (Wildman–Crippen MR) is 117 cm³/mol. The summed E-state index contributed by atoms with van der Waals surface area (Å²) < 4.78 is 38.8. The Bertz CT molecular complexity index is 952. The number of hydrogen-bond acceptors (Lipinski definition) is 5. The van der Waals surface area contributed by atoms with E-state index in [-0.39, 0.29) is 36.2 Å². The van der Waals surface area contributed by atoms with Crippen molar-refractivity contribution in [1.29, 1.82) is 5.26 Å². The number of likely N-dealkylation sites (tertiary alicyclic amines) is 2. The lowest BCUT2D eigenvalue weighted by Crippen LogP contribution is -2.61. The molecule has 0 spiro atoms. The minimum Gasteiger partial charge on any atom is -0.340 e. The third-order valence-electron chi connectivity index (χ3n) is 7.45. The molecule has 1 aliphatic carbocycles. The molecule has 12 heteroatoms. The third kappa shape index (κ3) is 5.23. The summed E-state index contributed by atoms with van der Waals surface area (Å²) in [4.78, 5) is 53.1. The molecule has 5 atom stereocenters. The number of amides is 4. The molecule has 0 aromatic rings. The van der Waals surface area contributed by atoms with Crippen LogP contribution in [-0.2, 0) is 19.2 Å². The normalized spacial score (nSPS) is 27.1. The predicted octanol–water partition coefficient (Wildman–Crippen LogP) is 1.19. The molecule has 2 aliphatic heterocycles. The molecule has 2 saturated heterocycles. The second-order valence-electron chi connectivity index (χ2n) is 11.3. The average Bonchev–Trinajstić information content (AvgIpc) is 3.10. The Morgan fingerprint density at radius 3 is 2.31 bits per heavy atom. The Morgan fingerprint density at radius 2 is 1.83 bits per heavy atom. The molecule has 3 fully saturated rings. The summed E-state index contributed by atoms with van der Waals surface area (Å²) in [5.74, 6) is -3.98. The maximum absolute atomic E-state index is 13.5. The number of fused-ring (bicyclic) bond motifs is 1. The molecule has 3 aliphatic rings. The lowest BCUT2D eigenvalue weighted by Gasteiger charge is -2.38. The summed E-state index contributed by atoms with van der Waals surface area (Å²) in [6.45, 7) is 9.15. The van der Waals surface area contributed by atoms with Crippen LogP contribution >= 0.6 is 0 Å². The Kier molecular flexibility index (Phi) is 6.87. The van der Waals surface area contributed by atoms with Crippen LogP contribution < -0.4 is 10.6 Å². The van der Waals surface area contributed by atoms with Crippen LogP contribution in [0.5, 0.6) is 0 Å². The van der Waals surface area contributed by atoms with Gasteiger partial charge in [-0.3, -0.25) is 19.2 Å². The maximum Gasteiger partial charge on any atom is 0.471 e. The molecule has 0 radical (unpaired) electrons. The molecule has 2 N–H and O–H groups in total. The van der Waals surface area contributed by atoms with Crippen molar-refractivity contribution in [3.05, 3.63) is 0 Å². The van der Waals surface area contributed by atoms with Gasteiger partial charge < -0.3 is 20.4 Å². The third-order valence-corrected chi connectivity index (χ3v) is 7.45. The van der Waals surface area contributed by atoms with Gasteiger partial charge >= 0.3 is 12.1 Å². The first-order chi connectivity index (χ1) is 16.0. The largest absolute Gasteiger partial charge is 0.471 e. The minimum absolute atomic E-state index is 0.0193. The molecule has 9 nitrogen and oxygen atoms in total. The van der Waals surface area contributed by atoms with Crippen molar-refractivity contribution in [3.8, 4) is 6.07 Å². The second-order valence-corrected chi connectivity index (χ2v) is 11.3. The molecule has 0 aromatic heterocycles. The molecule has 0 bridgehead atoms. The first-order valence-electron chi connectivity index (χ1n) is 11.7. The van der Waals surface area contributed by atoms with Crippen LogP contribution in [0, 0.1) is 34.0 Å². The van der Waals surface area contributed by atoms with Gasteiger partial charge in [0.15, 0.2) is 0 Å². The highest BCUT2D eigenvalue weighted by Gasteiger charge is 2.70. The van der Waals surface area contributed by atoms with Crippen molar-refractivity contribution in [2.24, 2.45) is 22.7 Å². The standard InChI is InChI=1S/C23H32F3N5O4/c1-21(2,3)17(29-20(35)23(24,25)26)19(34)31-11-13-15(22(13,4)5)16(31)18(33)28-12(9-27)10-30-8-6-7-14(30)32/h12-13,15-17H,6-8,10-11H2,1-5H3,(H,28,33)(H,29,35)/t12?,13-,15-,16-,17?/m0/s1. The Balaban J connectivity index is 1.81. The quantitative estimate of drug-likeness (QED) is 0.569. The summed E-state index contributed by atoms with van der Waals surface area (Å²) in [7, 11) is 0. The van der Waals surface area contributed by atoms with Crippen LogP contribution in [0.1, 0.15) is 47.5 Å². The minimum atomic E-state index is -5.16. The number of carbonyl (C=O) groups is 4. The fourth-order valence-corrected chi connectivity index (χ4v) is 5.33. The van der Waals surface area contributed by atoms with Crippen LogP contribution in [-0.4, -0.2) is 77.4 Å². The Hall–Kier alpha value is -2.84. The molecule has 1 saturated carbocycles. The van der Waals surface area contributed by atoms with E-state index in [9.17, 15) is 37.6 Å². The molecule has 0 aromatic carbocycles. The van der Waals surface area contributed by atoms with Gasteiger partial charge in [-0.1, -0.05) is 34.6 Å². The first-order valence-corrected chi connectivity index (χ1v) is 11.7. The van der Waals surface area contributed by atoms with Gasteiger partial charge in [0.2, 0.25) is 17.7 Å². The van der Waals surface area contributed by atoms with E-state index in [1.165, 1.54) is 30.6 Å². The van der Waals surface area contributed by atoms with E-state index in [4.69, 9.17) is 0 Å². The van der Waals surface area contributed by atoms with Crippen LogP contribution in [0.3, 0.4) is 0 Å². The lowest BCUT2D eigenvalue weighted by atomic mass is 9.85.